The molecule has 0 aliphatic carbocycles. The third-order valence-electron chi connectivity index (χ3n) is 3.19. The average molecular weight is 270 g/mol. The Hall–Kier alpha value is -1.91. The summed E-state index contributed by atoms with van der Waals surface area (Å²) in [5.74, 6) is 0. The van der Waals surface area contributed by atoms with E-state index >= 15 is 0 Å². The van der Waals surface area contributed by atoms with Crippen LogP contribution in [0, 0.1) is 0 Å². The van der Waals surface area contributed by atoms with E-state index in [-0.39, 0.29) is 0 Å². The number of aryl methyl sites for hydroxylation is 1. The standard InChI is InChI=1S/C15H14N2OS/c1-17-7-4-13(14(17)12-5-8-19-10-12)15(18)11-3-2-6-16-9-11/h2-10,15,18H,1H3. The second-order valence-corrected chi connectivity index (χ2v) is 5.21. The van der Waals surface area contributed by atoms with E-state index in [4.69, 9.17) is 0 Å². The van der Waals surface area contributed by atoms with Gasteiger partial charge >= 0.3 is 0 Å². The maximum absolute atomic E-state index is 10.5. The first kappa shape index (κ1) is 12.1. The Balaban J connectivity index is 2.07. The minimum atomic E-state index is -0.648. The Bertz CT molecular complexity index is 659. The van der Waals surface area contributed by atoms with Gasteiger partial charge in [-0.2, -0.15) is 11.3 Å². The van der Waals surface area contributed by atoms with Crippen molar-refractivity contribution in [1.29, 1.82) is 0 Å². The Morgan fingerprint density at radius 1 is 1.32 bits per heavy atom. The molecule has 0 aromatic carbocycles. The molecule has 1 unspecified atom stereocenters. The predicted molar refractivity (Wildman–Crippen MR) is 77.0 cm³/mol. The molecule has 4 heteroatoms. The molecule has 0 radical (unpaired) electrons. The van der Waals surface area contributed by atoms with Crippen molar-refractivity contribution in [3.05, 3.63) is 64.7 Å². The van der Waals surface area contributed by atoms with Crippen molar-refractivity contribution in [3.63, 3.8) is 0 Å². The van der Waals surface area contributed by atoms with Gasteiger partial charge in [-0.05, 0) is 23.6 Å². The van der Waals surface area contributed by atoms with Crippen LogP contribution in [0.4, 0.5) is 0 Å². The van der Waals surface area contributed by atoms with E-state index in [0.29, 0.717) is 0 Å². The highest BCUT2D eigenvalue weighted by Gasteiger charge is 2.18. The fourth-order valence-corrected chi connectivity index (χ4v) is 2.90. The van der Waals surface area contributed by atoms with Crippen molar-refractivity contribution in [3.8, 4) is 11.3 Å². The third-order valence-corrected chi connectivity index (χ3v) is 3.88. The molecule has 1 N–H and O–H groups in total. The Kier molecular flexibility index (Phi) is 3.19. The van der Waals surface area contributed by atoms with E-state index in [9.17, 15) is 5.11 Å². The number of rotatable bonds is 3. The van der Waals surface area contributed by atoms with Gasteiger partial charge in [-0.15, -0.1) is 0 Å². The molecule has 0 bridgehead atoms. The second kappa shape index (κ2) is 4.99. The molecule has 0 saturated heterocycles. The highest BCUT2D eigenvalue weighted by atomic mass is 32.1. The number of hydrogen-bond donors (Lipinski definition) is 1. The quantitative estimate of drug-likeness (QED) is 0.793. The van der Waals surface area contributed by atoms with Gasteiger partial charge in [0.2, 0.25) is 0 Å². The van der Waals surface area contributed by atoms with Gasteiger partial charge in [0, 0.05) is 47.7 Å². The fraction of sp³-hybridized carbons (Fsp3) is 0.133. The lowest BCUT2D eigenvalue weighted by atomic mass is 10.0. The zero-order valence-corrected chi connectivity index (χ0v) is 11.3. The summed E-state index contributed by atoms with van der Waals surface area (Å²) in [4.78, 5) is 4.07. The number of thiophene rings is 1. The molecule has 0 amide bonds. The van der Waals surface area contributed by atoms with Crippen LogP contribution in [0.5, 0.6) is 0 Å². The first-order chi connectivity index (χ1) is 9.27. The minimum absolute atomic E-state index is 0.648. The Morgan fingerprint density at radius 3 is 2.89 bits per heavy atom. The van der Waals surface area contributed by atoms with Crippen LogP contribution in [0.1, 0.15) is 17.2 Å². The van der Waals surface area contributed by atoms with E-state index in [1.54, 1.807) is 23.7 Å². The van der Waals surface area contributed by atoms with Gasteiger partial charge in [0.25, 0.3) is 0 Å². The molecule has 0 saturated carbocycles. The zero-order valence-electron chi connectivity index (χ0n) is 10.5. The summed E-state index contributed by atoms with van der Waals surface area (Å²) in [5.41, 5.74) is 3.91. The fourth-order valence-electron chi connectivity index (χ4n) is 2.26. The Labute approximate surface area is 115 Å². The lowest BCUT2D eigenvalue weighted by Crippen LogP contribution is -2.02. The molecule has 3 rings (SSSR count). The molecule has 0 aliphatic rings. The summed E-state index contributed by atoms with van der Waals surface area (Å²) in [5, 5.41) is 14.7. The molecule has 96 valence electrons. The van der Waals surface area contributed by atoms with E-state index in [0.717, 1.165) is 22.4 Å². The lowest BCUT2D eigenvalue weighted by Gasteiger charge is -2.12. The zero-order chi connectivity index (χ0) is 13.2. The van der Waals surface area contributed by atoms with Crippen LogP contribution in [-0.4, -0.2) is 14.7 Å². The summed E-state index contributed by atoms with van der Waals surface area (Å²) < 4.78 is 2.04. The predicted octanol–water partition coefficient (Wildman–Crippen LogP) is 3.23. The van der Waals surface area contributed by atoms with Gasteiger partial charge in [0.1, 0.15) is 6.10 Å². The van der Waals surface area contributed by atoms with E-state index in [1.807, 2.05) is 41.4 Å². The van der Waals surface area contributed by atoms with E-state index < -0.39 is 6.10 Å². The first-order valence-electron chi connectivity index (χ1n) is 6.03. The van der Waals surface area contributed by atoms with Crippen LogP contribution in [0.15, 0.2) is 53.6 Å². The van der Waals surface area contributed by atoms with E-state index in [2.05, 4.69) is 16.4 Å². The largest absolute Gasteiger partial charge is 0.384 e. The summed E-state index contributed by atoms with van der Waals surface area (Å²) in [6, 6.07) is 7.76. The number of aromatic nitrogens is 2. The lowest BCUT2D eigenvalue weighted by molar-refractivity contribution is 0.220. The number of aliphatic hydroxyl groups is 1. The summed E-state index contributed by atoms with van der Waals surface area (Å²) in [6.07, 6.45) is 4.74. The van der Waals surface area contributed by atoms with Gasteiger partial charge in [-0.25, -0.2) is 0 Å². The van der Waals surface area contributed by atoms with Crippen molar-refractivity contribution in [2.45, 2.75) is 6.10 Å². The molecular weight excluding hydrogens is 256 g/mol. The van der Waals surface area contributed by atoms with Crippen molar-refractivity contribution in [2.75, 3.05) is 0 Å². The average Bonchev–Trinajstić information content (AvgIpc) is 3.08. The molecule has 3 nitrogen and oxygen atoms in total. The normalized spacial score (nSPS) is 12.5. The molecule has 19 heavy (non-hydrogen) atoms. The highest BCUT2D eigenvalue weighted by molar-refractivity contribution is 7.08. The maximum atomic E-state index is 10.5. The monoisotopic (exact) mass is 270 g/mol. The molecule has 3 aromatic rings. The second-order valence-electron chi connectivity index (χ2n) is 4.43. The number of pyridine rings is 1. The number of nitrogens with zero attached hydrogens (tertiary/aromatic N) is 2. The van der Waals surface area contributed by atoms with Gasteiger partial charge < -0.3 is 9.67 Å². The molecular formula is C15H14N2OS. The van der Waals surface area contributed by atoms with Gasteiger partial charge in [0.05, 0.1) is 5.69 Å². The molecule has 0 spiro atoms. The van der Waals surface area contributed by atoms with E-state index in [1.165, 1.54) is 0 Å². The molecule has 0 fully saturated rings. The van der Waals surface area contributed by atoms with Crippen molar-refractivity contribution in [2.24, 2.45) is 7.05 Å². The van der Waals surface area contributed by atoms with Crippen molar-refractivity contribution < 1.29 is 5.11 Å². The van der Waals surface area contributed by atoms with Crippen LogP contribution in [0.2, 0.25) is 0 Å². The first-order valence-corrected chi connectivity index (χ1v) is 6.97. The highest BCUT2D eigenvalue weighted by Crippen LogP contribution is 2.33. The summed E-state index contributed by atoms with van der Waals surface area (Å²) in [6.45, 7) is 0. The van der Waals surface area contributed by atoms with Crippen molar-refractivity contribution >= 4 is 11.3 Å². The number of aliphatic hydroxyl groups excluding tert-OH is 1. The van der Waals surface area contributed by atoms with Crippen LogP contribution < -0.4 is 0 Å². The smallest absolute Gasteiger partial charge is 0.108 e. The van der Waals surface area contributed by atoms with Gasteiger partial charge in [-0.3, -0.25) is 4.98 Å². The Morgan fingerprint density at radius 2 is 2.21 bits per heavy atom. The van der Waals surface area contributed by atoms with Crippen LogP contribution in [0.25, 0.3) is 11.3 Å². The van der Waals surface area contributed by atoms with Crippen LogP contribution >= 0.6 is 11.3 Å². The van der Waals surface area contributed by atoms with Gasteiger partial charge in [0.15, 0.2) is 0 Å². The van der Waals surface area contributed by atoms with Gasteiger partial charge in [-0.1, -0.05) is 6.07 Å². The SMILES string of the molecule is Cn1ccc(C(O)c2cccnc2)c1-c1ccsc1. The van der Waals surface area contributed by atoms with Crippen molar-refractivity contribution in [1.82, 2.24) is 9.55 Å². The molecule has 1 atom stereocenters. The van der Waals surface area contributed by atoms with Crippen LogP contribution in [0.3, 0.4) is 0 Å². The molecule has 0 aliphatic heterocycles. The summed E-state index contributed by atoms with van der Waals surface area (Å²) in [7, 11) is 1.99. The third kappa shape index (κ3) is 2.20. The number of hydrogen-bond acceptors (Lipinski definition) is 3. The maximum Gasteiger partial charge on any atom is 0.108 e. The summed E-state index contributed by atoms with van der Waals surface area (Å²) >= 11 is 1.66. The minimum Gasteiger partial charge on any atom is -0.384 e. The molecule has 3 aromatic heterocycles. The van der Waals surface area contributed by atoms with Crippen LogP contribution in [-0.2, 0) is 7.05 Å². The topological polar surface area (TPSA) is 38.0 Å². The molecule has 3 heterocycles.